The zero-order chi connectivity index (χ0) is 25.6. The van der Waals surface area contributed by atoms with Crippen molar-refractivity contribution in [2.24, 2.45) is 10.2 Å². The summed E-state index contributed by atoms with van der Waals surface area (Å²) in [4.78, 5) is 9.41. The average molecular weight is 489 g/mol. The highest BCUT2D eigenvalue weighted by Crippen LogP contribution is 2.22. The zero-order valence-corrected chi connectivity index (χ0v) is 20.6. The molecule has 0 bridgehead atoms. The molecule has 180 valence electrons. The highest BCUT2D eigenvalue weighted by atomic mass is 15.1. The predicted octanol–water partition coefficient (Wildman–Crippen LogP) is 9.54. The molecular formula is C34H24N4. The van der Waals surface area contributed by atoms with E-state index < -0.39 is 0 Å². The van der Waals surface area contributed by atoms with Gasteiger partial charge in [0.25, 0.3) is 0 Å². The van der Waals surface area contributed by atoms with Gasteiger partial charge >= 0.3 is 0 Å². The van der Waals surface area contributed by atoms with Gasteiger partial charge in [0.15, 0.2) is 0 Å². The third-order valence-electron chi connectivity index (χ3n) is 6.15. The fourth-order valence-electron chi connectivity index (χ4n) is 4.21. The van der Waals surface area contributed by atoms with Crippen LogP contribution in [0.15, 0.2) is 132 Å². The number of hydrogen-bond acceptors (Lipinski definition) is 4. The lowest BCUT2D eigenvalue weighted by Gasteiger charge is -2.00. The molecule has 38 heavy (non-hydrogen) atoms. The normalized spacial score (nSPS) is 11.9. The van der Waals surface area contributed by atoms with Crippen molar-refractivity contribution in [3.63, 3.8) is 0 Å². The summed E-state index contributed by atoms with van der Waals surface area (Å²) < 4.78 is 0. The first-order valence-corrected chi connectivity index (χ1v) is 12.5. The summed E-state index contributed by atoms with van der Waals surface area (Å²) in [5.41, 5.74) is 7.47. The number of nitrogens with zero attached hydrogens (tertiary/aromatic N) is 4. The van der Waals surface area contributed by atoms with Crippen molar-refractivity contribution in [1.82, 2.24) is 9.97 Å². The Kier molecular flexibility index (Phi) is 6.60. The second kappa shape index (κ2) is 10.8. The van der Waals surface area contributed by atoms with Gasteiger partial charge in [-0.2, -0.15) is 10.2 Å². The van der Waals surface area contributed by atoms with E-state index in [1.54, 1.807) is 0 Å². The molecule has 4 aromatic carbocycles. The molecule has 0 saturated carbocycles. The summed E-state index contributed by atoms with van der Waals surface area (Å²) in [5, 5.41) is 11.2. The van der Waals surface area contributed by atoms with Crippen LogP contribution in [0.2, 0.25) is 0 Å². The van der Waals surface area contributed by atoms with E-state index in [1.807, 2.05) is 121 Å². The van der Waals surface area contributed by atoms with E-state index in [9.17, 15) is 0 Å². The molecule has 4 heteroatoms. The molecule has 0 aliphatic carbocycles. The van der Waals surface area contributed by atoms with Crippen LogP contribution in [-0.4, -0.2) is 9.97 Å². The van der Waals surface area contributed by atoms with Gasteiger partial charge in [0.1, 0.15) is 0 Å². The number of rotatable bonds is 6. The van der Waals surface area contributed by atoms with Crippen LogP contribution < -0.4 is 0 Å². The second-order valence-electron chi connectivity index (χ2n) is 8.91. The first kappa shape index (κ1) is 23.2. The Morgan fingerprint density at radius 3 is 1.39 bits per heavy atom. The Morgan fingerprint density at radius 1 is 0.421 bits per heavy atom. The van der Waals surface area contributed by atoms with Crippen molar-refractivity contribution in [2.45, 2.75) is 0 Å². The van der Waals surface area contributed by atoms with Gasteiger partial charge in [-0.3, -0.25) is 0 Å². The Balaban J connectivity index is 1.15. The molecule has 0 unspecified atom stereocenters. The molecule has 0 spiro atoms. The molecule has 6 rings (SSSR count). The molecule has 0 aliphatic rings. The van der Waals surface area contributed by atoms with Gasteiger partial charge in [0, 0.05) is 10.8 Å². The minimum absolute atomic E-state index is 0.792. The summed E-state index contributed by atoms with van der Waals surface area (Å²) in [5.74, 6) is 0. The fourth-order valence-corrected chi connectivity index (χ4v) is 4.21. The monoisotopic (exact) mass is 488 g/mol. The molecule has 0 radical (unpaired) electrons. The smallest absolute Gasteiger partial charge is 0.0863 e. The minimum atomic E-state index is 0.792. The summed E-state index contributed by atoms with van der Waals surface area (Å²) in [6.07, 6.45) is 8.12. The Labute approximate surface area is 221 Å². The van der Waals surface area contributed by atoms with Gasteiger partial charge in [-0.25, -0.2) is 9.97 Å². The maximum atomic E-state index is 4.71. The SMILES string of the molecule is C(=Cc1ccc2ccccc2n1)c1cccc(N=Nc2cccc(C=Cc3ccc4ccccc4n3)c2)c1. The highest BCUT2D eigenvalue weighted by Gasteiger charge is 1.98. The summed E-state index contributed by atoms with van der Waals surface area (Å²) >= 11 is 0. The number of fused-ring (bicyclic) bond motifs is 2. The third kappa shape index (κ3) is 5.61. The Morgan fingerprint density at radius 2 is 0.895 bits per heavy atom. The van der Waals surface area contributed by atoms with Gasteiger partial charge in [0.2, 0.25) is 0 Å². The molecule has 2 aromatic heterocycles. The second-order valence-corrected chi connectivity index (χ2v) is 8.91. The highest BCUT2D eigenvalue weighted by molar-refractivity contribution is 5.82. The molecule has 0 fully saturated rings. The predicted molar refractivity (Wildman–Crippen MR) is 158 cm³/mol. The van der Waals surface area contributed by atoms with Crippen molar-refractivity contribution < 1.29 is 0 Å². The Bertz CT molecular complexity index is 1700. The van der Waals surface area contributed by atoms with E-state index in [0.29, 0.717) is 0 Å². The molecule has 0 amide bonds. The van der Waals surface area contributed by atoms with E-state index in [1.165, 1.54) is 0 Å². The lowest BCUT2D eigenvalue weighted by atomic mass is 10.1. The number of para-hydroxylation sites is 2. The van der Waals surface area contributed by atoms with Crippen LogP contribution in [-0.2, 0) is 0 Å². The number of azo groups is 1. The number of benzene rings is 4. The lowest BCUT2D eigenvalue weighted by Crippen LogP contribution is -1.82. The van der Waals surface area contributed by atoms with Crippen LogP contribution in [0.5, 0.6) is 0 Å². The van der Waals surface area contributed by atoms with Crippen LogP contribution in [0.4, 0.5) is 11.4 Å². The molecule has 0 N–H and O–H groups in total. The average Bonchev–Trinajstić information content (AvgIpc) is 2.98. The largest absolute Gasteiger partial charge is 0.248 e. The topological polar surface area (TPSA) is 50.5 Å². The molecule has 0 atom stereocenters. The molecular weight excluding hydrogens is 464 g/mol. The molecule has 2 heterocycles. The van der Waals surface area contributed by atoms with Crippen LogP contribution in [0.3, 0.4) is 0 Å². The van der Waals surface area contributed by atoms with E-state index in [0.717, 1.165) is 55.7 Å². The fraction of sp³-hybridized carbons (Fsp3) is 0. The van der Waals surface area contributed by atoms with Crippen molar-refractivity contribution in [3.05, 3.63) is 144 Å². The van der Waals surface area contributed by atoms with E-state index in [-0.39, 0.29) is 0 Å². The quantitative estimate of drug-likeness (QED) is 0.219. The van der Waals surface area contributed by atoms with Crippen molar-refractivity contribution in [2.75, 3.05) is 0 Å². The maximum Gasteiger partial charge on any atom is 0.0863 e. The number of pyridine rings is 2. The first-order chi connectivity index (χ1) is 18.8. The van der Waals surface area contributed by atoms with Gasteiger partial charge in [-0.05, 0) is 71.8 Å². The number of hydrogen-bond donors (Lipinski definition) is 0. The van der Waals surface area contributed by atoms with Crippen LogP contribution in [0.1, 0.15) is 22.5 Å². The van der Waals surface area contributed by atoms with Crippen molar-refractivity contribution >= 4 is 57.5 Å². The standard InChI is InChI=1S/C34H24N4/c1-3-13-33-27(9-1)17-21-29(35-33)19-15-25-7-5-11-31(23-25)37-38-32-12-6-8-26(24-32)16-20-30-22-18-28-10-2-4-14-34(28)36-30/h1-24H. The summed E-state index contributed by atoms with van der Waals surface area (Å²) in [7, 11) is 0. The minimum Gasteiger partial charge on any atom is -0.248 e. The third-order valence-corrected chi connectivity index (χ3v) is 6.15. The van der Waals surface area contributed by atoms with E-state index in [4.69, 9.17) is 9.97 Å². The van der Waals surface area contributed by atoms with Gasteiger partial charge < -0.3 is 0 Å². The first-order valence-electron chi connectivity index (χ1n) is 12.5. The molecule has 0 saturated heterocycles. The summed E-state index contributed by atoms with van der Waals surface area (Å²) in [6.45, 7) is 0. The molecule has 4 nitrogen and oxygen atoms in total. The van der Waals surface area contributed by atoms with Gasteiger partial charge in [-0.15, -0.1) is 0 Å². The van der Waals surface area contributed by atoms with Gasteiger partial charge in [-0.1, -0.05) is 84.9 Å². The maximum absolute atomic E-state index is 4.71. The van der Waals surface area contributed by atoms with Gasteiger partial charge in [0.05, 0.1) is 33.8 Å². The number of aromatic nitrogens is 2. The van der Waals surface area contributed by atoms with Crippen LogP contribution >= 0.6 is 0 Å². The molecule has 6 aromatic rings. The van der Waals surface area contributed by atoms with E-state index in [2.05, 4.69) is 34.5 Å². The van der Waals surface area contributed by atoms with Crippen LogP contribution in [0, 0.1) is 0 Å². The molecule has 0 aliphatic heterocycles. The van der Waals surface area contributed by atoms with Crippen LogP contribution in [0.25, 0.3) is 46.1 Å². The Hall–Kier alpha value is -5.22. The lowest BCUT2D eigenvalue weighted by molar-refractivity contribution is 1.23. The zero-order valence-electron chi connectivity index (χ0n) is 20.6. The summed E-state index contributed by atoms with van der Waals surface area (Å²) in [6, 6.07) is 40.5. The van der Waals surface area contributed by atoms with E-state index >= 15 is 0 Å². The van der Waals surface area contributed by atoms with Crippen molar-refractivity contribution in [1.29, 1.82) is 0 Å². The van der Waals surface area contributed by atoms with Crippen molar-refractivity contribution in [3.8, 4) is 0 Å².